The SMILES string of the molecule is CC(Oc1cc(F)ccc1Cl)[C@@H](C)N. The van der Waals surface area contributed by atoms with Crippen molar-refractivity contribution in [3.63, 3.8) is 0 Å². The maximum Gasteiger partial charge on any atom is 0.141 e. The standard InChI is InChI=1S/C10H13ClFNO/c1-6(13)7(2)14-10-5-8(12)3-4-9(10)11/h3-7H,13H2,1-2H3/t6-,7?/m1/s1. The Morgan fingerprint density at radius 1 is 1.43 bits per heavy atom. The van der Waals surface area contributed by atoms with E-state index in [2.05, 4.69) is 0 Å². The molecule has 4 heteroatoms. The summed E-state index contributed by atoms with van der Waals surface area (Å²) >= 11 is 5.81. The van der Waals surface area contributed by atoms with Gasteiger partial charge in [0.25, 0.3) is 0 Å². The van der Waals surface area contributed by atoms with Crippen LogP contribution in [0, 0.1) is 5.82 Å². The molecule has 0 fully saturated rings. The molecule has 1 rings (SSSR count). The van der Waals surface area contributed by atoms with Gasteiger partial charge in [0.15, 0.2) is 0 Å². The van der Waals surface area contributed by atoms with Gasteiger partial charge in [-0.2, -0.15) is 0 Å². The summed E-state index contributed by atoms with van der Waals surface area (Å²) in [6.07, 6.45) is -0.200. The van der Waals surface area contributed by atoms with Crippen LogP contribution in [0.2, 0.25) is 5.02 Å². The van der Waals surface area contributed by atoms with Crippen molar-refractivity contribution in [2.75, 3.05) is 0 Å². The maximum atomic E-state index is 12.8. The lowest BCUT2D eigenvalue weighted by Crippen LogP contribution is -2.33. The molecule has 1 aromatic rings. The van der Waals surface area contributed by atoms with Crippen molar-refractivity contribution < 1.29 is 9.13 Å². The molecular formula is C10H13ClFNO. The molecule has 1 aromatic carbocycles. The second-order valence-electron chi connectivity index (χ2n) is 3.26. The van der Waals surface area contributed by atoms with Crippen molar-refractivity contribution in [3.05, 3.63) is 29.0 Å². The van der Waals surface area contributed by atoms with Gasteiger partial charge in [-0.1, -0.05) is 11.6 Å². The van der Waals surface area contributed by atoms with Crippen LogP contribution in [0.1, 0.15) is 13.8 Å². The van der Waals surface area contributed by atoms with Gasteiger partial charge in [0.2, 0.25) is 0 Å². The Labute approximate surface area is 87.8 Å². The summed E-state index contributed by atoms with van der Waals surface area (Å²) in [5.41, 5.74) is 5.61. The van der Waals surface area contributed by atoms with Crippen LogP contribution < -0.4 is 10.5 Å². The highest BCUT2D eigenvalue weighted by molar-refractivity contribution is 6.32. The normalized spacial score (nSPS) is 14.9. The fraction of sp³-hybridized carbons (Fsp3) is 0.400. The van der Waals surface area contributed by atoms with E-state index in [1.165, 1.54) is 18.2 Å². The molecule has 0 amide bonds. The topological polar surface area (TPSA) is 35.2 Å². The van der Waals surface area contributed by atoms with E-state index in [0.29, 0.717) is 10.8 Å². The number of hydrogen-bond donors (Lipinski definition) is 1. The van der Waals surface area contributed by atoms with E-state index in [-0.39, 0.29) is 18.0 Å². The van der Waals surface area contributed by atoms with Gasteiger partial charge in [0.1, 0.15) is 17.7 Å². The lowest BCUT2D eigenvalue weighted by molar-refractivity contribution is 0.196. The first-order valence-corrected chi connectivity index (χ1v) is 4.76. The summed E-state index contributed by atoms with van der Waals surface area (Å²) in [6.45, 7) is 3.63. The highest BCUT2D eigenvalue weighted by Gasteiger charge is 2.11. The maximum absolute atomic E-state index is 12.8. The molecule has 0 heterocycles. The Morgan fingerprint density at radius 2 is 2.07 bits per heavy atom. The van der Waals surface area contributed by atoms with Crippen LogP contribution >= 0.6 is 11.6 Å². The Hall–Kier alpha value is -0.800. The minimum Gasteiger partial charge on any atom is -0.487 e. The molecule has 0 bridgehead atoms. The van der Waals surface area contributed by atoms with Crippen molar-refractivity contribution >= 4 is 11.6 Å². The summed E-state index contributed by atoms with van der Waals surface area (Å²) in [5.74, 6) is -0.0438. The fourth-order valence-electron chi connectivity index (χ4n) is 0.875. The number of halogens is 2. The molecule has 2 nitrogen and oxygen atoms in total. The van der Waals surface area contributed by atoms with Gasteiger partial charge in [0, 0.05) is 12.1 Å². The predicted molar refractivity (Wildman–Crippen MR) is 55.1 cm³/mol. The largest absolute Gasteiger partial charge is 0.487 e. The van der Waals surface area contributed by atoms with Crippen LogP contribution in [0.5, 0.6) is 5.75 Å². The van der Waals surface area contributed by atoms with Gasteiger partial charge < -0.3 is 10.5 Å². The van der Waals surface area contributed by atoms with Gasteiger partial charge >= 0.3 is 0 Å². The third-order valence-corrected chi connectivity index (χ3v) is 2.26. The molecule has 0 saturated heterocycles. The van der Waals surface area contributed by atoms with Crippen molar-refractivity contribution in [1.29, 1.82) is 0 Å². The molecule has 14 heavy (non-hydrogen) atoms. The molecule has 78 valence electrons. The van der Waals surface area contributed by atoms with Gasteiger partial charge in [-0.05, 0) is 26.0 Å². The zero-order valence-corrected chi connectivity index (χ0v) is 8.88. The Morgan fingerprint density at radius 3 is 2.64 bits per heavy atom. The molecule has 1 unspecified atom stereocenters. The van der Waals surface area contributed by atoms with Crippen molar-refractivity contribution in [3.8, 4) is 5.75 Å². The molecular weight excluding hydrogens is 205 g/mol. The van der Waals surface area contributed by atoms with Crippen LogP contribution in [0.25, 0.3) is 0 Å². The molecule has 0 saturated carbocycles. The first-order chi connectivity index (χ1) is 6.50. The van der Waals surface area contributed by atoms with Gasteiger partial charge in [-0.25, -0.2) is 4.39 Å². The van der Waals surface area contributed by atoms with E-state index in [0.717, 1.165) is 0 Å². The number of ether oxygens (including phenoxy) is 1. The number of benzene rings is 1. The van der Waals surface area contributed by atoms with E-state index in [1.807, 2.05) is 13.8 Å². The average Bonchev–Trinajstić information content (AvgIpc) is 2.11. The average molecular weight is 218 g/mol. The predicted octanol–water partition coefficient (Wildman–Crippen LogP) is 2.59. The molecule has 2 atom stereocenters. The summed E-state index contributed by atoms with van der Waals surface area (Å²) in [6, 6.07) is 3.86. The minimum atomic E-state index is -0.374. The van der Waals surface area contributed by atoms with E-state index >= 15 is 0 Å². The van der Waals surface area contributed by atoms with E-state index in [1.54, 1.807) is 0 Å². The van der Waals surface area contributed by atoms with Crippen molar-refractivity contribution in [2.24, 2.45) is 5.73 Å². The van der Waals surface area contributed by atoms with Crippen LogP contribution in [-0.4, -0.2) is 12.1 Å². The summed E-state index contributed by atoms with van der Waals surface area (Å²) in [7, 11) is 0. The van der Waals surface area contributed by atoms with Crippen molar-refractivity contribution in [2.45, 2.75) is 26.0 Å². The minimum absolute atomic E-state index is 0.130. The highest BCUT2D eigenvalue weighted by Crippen LogP contribution is 2.26. The van der Waals surface area contributed by atoms with Crippen LogP contribution in [0.4, 0.5) is 4.39 Å². The Balaban J connectivity index is 2.80. The van der Waals surface area contributed by atoms with E-state index < -0.39 is 0 Å². The highest BCUT2D eigenvalue weighted by atomic mass is 35.5. The first kappa shape index (κ1) is 11.3. The second kappa shape index (κ2) is 4.62. The summed E-state index contributed by atoms with van der Waals surface area (Å²) in [5, 5.41) is 0.388. The molecule has 2 N–H and O–H groups in total. The Kier molecular flexibility index (Phi) is 3.72. The zero-order valence-electron chi connectivity index (χ0n) is 8.13. The monoisotopic (exact) mass is 217 g/mol. The Bertz CT molecular complexity index is 317. The molecule has 0 aromatic heterocycles. The molecule has 0 aliphatic carbocycles. The second-order valence-corrected chi connectivity index (χ2v) is 3.66. The van der Waals surface area contributed by atoms with Crippen LogP contribution in [-0.2, 0) is 0 Å². The lowest BCUT2D eigenvalue weighted by Gasteiger charge is -2.18. The van der Waals surface area contributed by atoms with E-state index in [4.69, 9.17) is 22.1 Å². The van der Waals surface area contributed by atoms with Crippen LogP contribution in [0.15, 0.2) is 18.2 Å². The first-order valence-electron chi connectivity index (χ1n) is 4.38. The summed E-state index contributed by atoms with van der Waals surface area (Å²) < 4.78 is 18.2. The number of nitrogens with two attached hydrogens (primary N) is 1. The summed E-state index contributed by atoms with van der Waals surface area (Å²) in [4.78, 5) is 0. The molecule has 0 radical (unpaired) electrons. The fourth-order valence-corrected chi connectivity index (χ4v) is 1.04. The van der Waals surface area contributed by atoms with Gasteiger partial charge in [-0.3, -0.25) is 0 Å². The van der Waals surface area contributed by atoms with Gasteiger partial charge in [-0.15, -0.1) is 0 Å². The lowest BCUT2D eigenvalue weighted by atomic mass is 10.2. The zero-order chi connectivity index (χ0) is 10.7. The quantitative estimate of drug-likeness (QED) is 0.845. The number of hydrogen-bond acceptors (Lipinski definition) is 2. The third-order valence-electron chi connectivity index (χ3n) is 1.95. The van der Waals surface area contributed by atoms with Crippen LogP contribution in [0.3, 0.4) is 0 Å². The van der Waals surface area contributed by atoms with E-state index in [9.17, 15) is 4.39 Å². The smallest absolute Gasteiger partial charge is 0.141 e. The van der Waals surface area contributed by atoms with Gasteiger partial charge in [0.05, 0.1) is 5.02 Å². The number of rotatable bonds is 3. The third kappa shape index (κ3) is 2.86. The molecule has 0 aliphatic rings. The molecule has 0 spiro atoms. The molecule has 0 aliphatic heterocycles. The van der Waals surface area contributed by atoms with Crippen molar-refractivity contribution in [1.82, 2.24) is 0 Å².